The first-order chi connectivity index (χ1) is 11.7. The molecular formula is C18H9ClN2O3. The largest absolute Gasteiger partial charge is 0.618 e. The van der Waals surface area contributed by atoms with Gasteiger partial charge in [0.2, 0.25) is 5.75 Å². The van der Waals surface area contributed by atoms with Gasteiger partial charge in [-0.15, -0.1) is 0 Å². The van der Waals surface area contributed by atoms with E-state index >= 15 is 0 Å². The second-order valence-corrected chi connectivity index (χ2v) is 5.86. The molecule has 3 aromatic carbocycles. The molecule has 116 valence electrons. The van der Waals surface area contributed by atoms with Gasteiger partial charge < -0.3 is 14.7 Å². The van der Waals surface area contributed by atoms with Gasteiger partial charge in [0.15, 0.2) is 17.2 Å². The minimum absolute atomic E-state index is 0.383. The molecule has 0 amide bonds. The van der Waals surface area contributed by atoms with E-state index < -0.39 is 0 Å². The van der Waals surface area contributed by atoms with Gasteiger partial charge in [-0.05, 0) is 18.2 Å². The number of rotatable bonds is 0. The van der Waals surface area contributed by atoms with Crippen LogP contribution in [0.4, 0.5) is 11.4 Å². The van der Waals surface area contributed by atoms with Crippen LogP contribution in [-0.4, -0.2) is 0 Å². The molecule has 0 saturated heterocycles. The van der Waals surface area contributed by atoms with Crippen LogP contribution in [0, 0.1) is 5.21 Å². The van der Waals surface area contributed by atoms with Gasteiger partial charge in [-0.25, -0.2) is 4.99 Å². The third kappa shape index (κ3) is 1.82. The lowest BCUT2D eigenvalue weighted by atomic mass is 10.2. The summed E-state index contributed by atoms with van der Waals surface area (Å²) in [5, 5.41) is 14.1. The molecule has 0 N–H and O–H groups in total. The van der Waals surface area contributed by atoms with Gasteiger partial charge in [-0.3, -0.25) is 0 Å². The second kappa shape index (κ2) is 4.72. The number of benzene rings is 3. The molecule has 2 heterocycles. The zero-order valence-corrected chi connectivity index (χ0v) is 12.9. The molecule has 3 aromatic rings. The second-order valence-electron chi connectivity index (χ2n) is 5.45. The zero-order chi connectivity index (χ0) is 16.3. The molecule has 24 heavy (non-hydrogen) atoms. The molecule has 0 aliphatic carbocycles. The minimum atomic E-state index is 0.383. The highest BCUT2D eigenvalue weighted by Crippen LogP contribution is 2.39. The van der Waals surface area contributed by atoms with E-state index in [-0.39, 0.29) is 0 Å². The van der Waals surface area contributed by atoms with E-state index in [1.54, 1.807) is 48.5 Å². The summed E-state index contributed by atoms with van der Waals surface area (Å²) < 4.78 is 12.5. The molecule has 0 bridgehead atoms. The Hall–Kier alpha value is -3.05. The van der Waals surface area contributed by atoms with Crippen molar-refractivity contribution >= 4 is 23.0 Å². The van der Waals surface area contributed by atoms with Crippen LogP contribution in [-0.2, 0) is 0 Å². The number of para-hydroxylation sites is 3. The topological polar surface area (TPSA) is 56.9 Å². The summed E-state index contributed by atoms with van der Waals surface area (Å²) in [5.41, 5.74) is 1.03. The van der Waals surface area contributed by atoms with Crippen LogP contribution in [0.15, 0.2) is 59.6 Å². The average molecular weight is 337 g/mol. The maximum absolute atomic E-state index is 12.6. The highest BCUT2D eigenvalue weighted by atomic mass is 35.5. The molecule has 0 atom stereocenters. The fourth-order valence-corrected chi connectivity index (χ4v) is 3.04. The first kappa shape index (κ1) is 13.4. The standard InChI is InChI=1S/C18H9ClN2O3/c19-10-4-3-7-15-18(10)20-11-8-17-13(9-16(11)24-15)21(22)12-5-1-2-6-14(12)23-17/h1-9H. The van der Waals surface area contributed by atoms with Crippen LogP contribution in [0.1, 0.15) is 0 Å². The van der Waals surface area contributed by atoms with Crippen molar-refractivity contribution in [2.24, 2.45) is 4.99 Å². The molecule has 0 saturated carbocycles. The van der Waals surface area contributed by atoms with E-state index in [4.69, 9.17) is 21.1 Å². The molecule has 2 aliphatic rings. The van der Waals surface area contributed by atoms with Gasteiger partial charge in [-0.2, -0.15) is 4.74 Å². The van der Waals surface area contributed by atoms with Crippen molar-refractivity contribution in [2.45, 2.75) is 0 Å². The lowest BCUT2D eigenvalue weighted by Crippen LogP contribution is -2.28. The molecule has 5 rings (SSSR count). The van der Waals surface area contributed by atoms with Gasteiger partial charge >= 0.3 is 0 Å². The average Bonchev–Trinajstić information content (AvgIpc) is 2.60. The van der Waals surface area contributed by atoms with Gasteiger partial charge in [0.25, 0.3) is 11.0 Å². The number of hydrogen-bond donors (Lipinski definition) is 0. The Balaban J connectivity index is 1.81. The lowest BCUT2D eigenvalue weighted by Gasteiger charge is -2.18. The third-order valence-corrected chi connectivity index (χ3v) is 4.27. The summed E-state index contributed by atoms with van der Waals surface area (Å²) in [7, 11) is 0. The molecular weight excluding hydrogens is 328 g/mol. The fourth-order valence-electron chi connectivity index (χ4n) is 2.83. The Bertz CT molecular complexity index is 1140. The van der Waals surface area contributed by atoms with Crippen molar-refractivity contribution in [1.29, 1.82) is 0 Å². The smallest absolute Gasteiger partial charge is 0.264 e. The van der Waals surface area contributed by atoms with E-state index in [1.165, 1.54) is 0 Å². The van der Waals surface area contributed by atoms with Gasteiger partial charge in [0.1, 0.15) is 11.0 Å². The van der Waals surface area contributed by atoms with Crippen molar-refractivity contribution in [3.05, 3.63) is 75.5 Å². The molecule has 0 aromatic heterocycles. The maximum Gasteiger partial charge on any atom is 0.264 e. The predicted octanol–water partition coefficient (Wildman–Crippen LogP) is 3.82. The van der Waals surface area contributed by atoms with Gasteiger partial charge in [0.05, 0.1) is 11.1 Å². The number of ether oxygens (including phenoxy) is 2. The molecule has 0 fully saturated rings. The number of nitrogens with zero attached hydrogens (tertiary/aromatic N) is 2. The summed E-state index contributed by atoms with van der Waals surface area (Å²) in [6, 6.07) is 15.7. The Morgan fingerprint density at radius 1 is 0.875 bits per heavy atom. The Kier molecular flexibility index (Phi) is 2.64. The van der Waals surface area contributed by atoms with Crippen molar-refractivity contribution in [2.75, 3.05) is 0 Å². The number of fused-ring (bicyclic) bond motifs is 4. The molecule has 0 radical (unpaired) electrons. The van der Waals surface area contributed by atoms with E-state index in [9.17, 15) is 5.21 Å². The molecule has 6 heteroatoms. The van der Waals surface area contributed by atoms with Crippen LogP contribution in [0.2, 0.25) is 5.02 Å². The van der Waals surface area contributed by atoms with Crippen molar-refractivity contribution in [3.8, 4) is 23.0 Å². The highest BCUT2D eigenvalue weighted by Gasteiger charge is 2.25. The predicted molar refractivity (Wildman–Crippen MR) is 89.2 cm³/mol. The SMILES string of the molecule is [O-][N+]1=c2cc3c(cc2Oc2ccccc21)=Nc1c(Cl)cccc1O3. The van der Waals surface area contributed by atoms with Crippen molar-refractivity contribution < 1.29 is 9.47 Å². The third-order valence-electron chi connectivity index (χ3n) is 3.97. The summed E-state index contributed by atoms with van der Waals surface area (Å²) in [4.78, 5) is 4.54. The monoisotopic (exact) mass is 336 g/mol. The fraction of sp³-hybridized carbons (Fsp3) is 0. The maximum atomic E-state index is 12.6. The molecule has 2 aliphatic heterocycles. The van der Waals surface area contributed by atoms with Crippen LogP contribution in [0.25, 0.3) is 0 Å². The highest BCUT2D eigenvalue weighted by molar-refractivity contribution is 6.33. The first-order valence-corrected chi connectivity index (χ1v) is 7.69. The van der Waals surface area contributed by atoms with Crippen molar-refractivity contribution in [1.82, 2.24) is 4.74 Å². The molecule has 0 unspecified atom stereocenters. The van der Waals surface area contributed by atoms with Gasteiger partial charge in [0, 0.05) is 12.1 Å². The molecule has 0 spiro atoms. The Morgan fingerprint density at radius 2 is 1.67 bits per heavy atom. The van der Waals surface area contributed by atoms with Crippen LogP contribution >= 0.6 is 11.6 Å². The normalized spacial score (nSPS) is 13.5. The van der Waals surface area contributed by atoms with E-state index in [2.05, 4.69) is 4.99 Å². The number of halogens is 1. The van der Waals surface area contributed by atoms with E-state index in [1.807, 2.05) is 6.07 Å². The summed E-state index contributed by atoms with van der Waals surface area (Å²) in [6.07, 6.45) is 0. The lowest BCUT2D eigenvalue weighted by molar-refractivity contribution is 0.443. The summed E-state index contributed by atoms with van der Waals surface area (Å²) in [5.74, 6) is 2.00. The Labute approximate surface area is 141 Å². The zero-order valence-electron chi connectivity index (χ0n) is 12.2. The summed E-state index contributed by atoms with van der Waals surface area (Å²) >= 11 is 6.18. The quantitative estimate of drug-likeness (QED) is 0.362. The van der Waals surface area contributed by atoms with E-state index in [0.717, 1.165) is 4.74 Å². The number of hydrogen-bond acceptors (Lipinski definition) is 4. The van der Waals surface area contributed by atoms with Gasteiger partial charge in [-0.1, -0.05) is 29.8 Å². The first-order valence-electron chi connectivity index (χ1n) is 7.31. The van der Waals surface area contributed by atoms with E-state index in [0.29, 0.717) is 50.1 Å². The minimum Gasteiger partial charge on any atom is -0.618 e. The van der Waals surface area contributed by atoms with Crippen LogP contribution in [0.3, 0.4) is 0 Å². The molecule has 5 nitrogen and oxygen atoms in total. The van der Waals surface area contributed by atoms with Crippen LogP contribution in [0.5, 0.6) is 23.0 Å². The summed E-state index contributed by atoms with van der Waals surface area (Å²) in [6.45, 7) is 0. The Morgan fingerprint density at radius 3 is 2.58 bits per heavy atom. The van der Waals surface area contributed by atoms with Crippen molar-refractivity contribution in [3.63, 3.8) is 0 Å². The van der Waals surface area contributed by atoms with Crippen LogP contribution < -0.4 is 24.9 Å².